The Labute approximate surface area is 125 Å². The molecule has 0 bridgehead atoms. The summed E-state index contributed by atoms with van der Waals surface area (Å²) in [7, 11) is 0. The molecule has 1 fully saturated rings. The van der Waals surface area contributed by atoms with Crippen LogP contribution in [0.15, 0.2) is 18.2 Å². The van der Waals surface area contributed by atoms with Crippen LogP contribution in [0.5, 0.6) is 0 Å². The molecule has 0 saturated carbocycles. The first kappa shape index (κ1) is 15.7. The van der Waals surface area contributed by atoms with E-state index < -0.39 is 0 Å². The Morgan fingerprint density at radius 1 is 1.45 bits per heavy atom. The van der Waals surface area contributed by atoms with Crippen LogP contribution in [-0.4, -0.2) is 25.3 Å². The first-order valence-electron chi connectivity index (χ1n) is 7.49. The zero-order valence-electron chi connectivity index (χ0n) is 12.0. The van der Waals surface area contributed by atoms with Crippen molar-refractivity contribution in [1.82, 2.24) is 5.32 Å². The summed E-state index contributed by atoms with van der Waals surface area (Å²) in [4.78, 5) is 0. The van der Waals surface area contributed by atoms with Crippen molar-refractivity contribution in [3.8, 4) is 0 Å². The van der Waals surface area contributed by atoms with Crippen molar-refractivity contribution < 1.29 is 9.13 Å². The minimum atomic E-state index is -0.359. The van der Waals surface area contributed by atoms with Gasteiger partial charge in [-0.15, -0.1) is 0 Å². The van der Waals surface area contributed by atoms with E-state index in [-0.39, 0.29) is 23.0 Å². The highest BCUT2D eigenvalue weighted by Gasteiger charge is 2.24. The highest BCUT2D eigenvalue weighted by atomic mass is 35.5. The van der Waals surface area contributed by atoms with Crippen molar-refractivity contribution in [3.05, 3.63) is 34.6 Å². The maximum atomic E-state index is 13.2. The van der Waals surface area contributed by atoms with E-state index in [9.17, 15) is 4.39 Å². The molecule has 2 unspecified atom stereocenters. The third-order valence-electron chi connectivity index (χ3n) is 3.76. The highest BCUT2D eigenvalue weighted by molar-refractivity contribution is 6.30. The van der Waals surface area contributed by atoms with E-state index in [1.807, 2.05) is 6.07 Å². The van der Waals surface area contributed by atoms with Gasteiger partial charge in [0.05, 0.1) is 11.1 Å². The molecule has 0 aliphatic carbocycles. The molecule has 20 heavy (non-hydrogen) atoms. The SMILES string of the molecule is CCCNC(Cc1ccc(F)c(Cl)c1)C1CCCCO1. The van der Waals surface area contributed by atoms with Gasteiger partial charge in [0.15, 0.2) is 0 Å². The molecule has 1 aliphatic heterocycles. The van der Waals surface area contributed by atoms with Gasteiger partial charge in [0.1, 0.15) is 5.82 Å². The fraction of sp³-hybridized carbons (Fsp3) is 0.625. The van der Waals surface area contributed by atoms with Crippen molar-refractivity contribution >= 4 is 11.6 Å². The van der Waals surface area contributed by atoms with Crippen LogP contribution in [-0.2, 0) is 11.2 Å². The third kappa shape index (κ3) is 4.44. The minimum absolute atomic E-state index is 0.196. The molecule has 1 heterocycles. The summed E-state index contributed by atoms with van der Waals surface area (Å²) in [5, 5.41) is 3.76. The number of halogens is 2. The van der Waals surface area contributed by atoms with Gasteiger partial charge in [0.2, 0.25) is 0 Å². The molecule has 0 radical (unpaired) electrons. The molecule has 1 saturated heterocycles. The van der Waals surface area contributed by atoms with E-state index in [1.54, 1.807) is 6.07 Å². The van der Waals surface area contributed by atoms with Crippen LogP contribution in [0.2, 0.25) is 5.02 Å². The van der Waals surface area contributed by atoms with Gasteiger partial charge in [0, 0.05) is 12.6 Å². The Hall–Kier alpha value is -0.640. The molecule has 1 N–H and O–H groups in total. The van der Waals surface area contributed by atoms with Crippen molar-refractivity contribution in [2.45, 2.75) is 51.2 Å². The molecular weight excluding hydrogens is 277 g/mol. The molecule has 2 rings (SSSR count). The third-order valence-corrected chi connectivity index (χ3v) is 4.05. The maximum absolute atomic E-state index is 13.2. The van der Waals surface area contributed by atoms with E-state index >= 15 is 0 Å². The number of benzene rings is 1. The summed E-state index contributed by atoms with van der Waals surface area (Å²) >= 11 is 5.86. The average molecular weight is 300 g/mol. The molecule has 0 spiro atoms. The standard InChI is InChI=1S/C16H23ClFNO/c1-2-8-19-15(16-5-3-4-9-20-16)11-12-6-7-14(18)13(17)10-12/h6-7,10,15-16,19H,2-5,8-9,11H2,1H3. The van der Waals surface area contributed by atoms with Gasteiger partial charge in [-0.2, -0.15) is 0 Å². The maximum Gasteiger partial charge on any atom is 0.141 e. The largest absolute Gasteiger partial charge is 0.377 e. The Morgan fingerprint density at radius 3 is 2.95 bits per heavy atom. The van der Waals surface area contributed by atoms with Crippen molar-refractivity contribution in [3.63, 3.8) is 0 Å². The quantitative estimate of drug-likeness (QED) is 0.858. The summed E-state index contributed by atoms with van der Waals surface area (Å²) in [6.45, 7) is 3.97. The number of hydrogen-bond donors (Lipinski definition) is 1. The summed E-state index contributed by atoms with van der Waals surface area (Å²) in [6, 6.07) is 5.25. The van der Waals surface area contributed by atoms with Crippen LogP contribution in [0.4, 0.5) is 4.39 Å². The molecule has 2 atom stereocenters. The first-order chi connectivity index (χ1) is 9.70. The van der Waals surface area contributed by atoms with E-state index in [2.05, 4.69) is 12.2 Å². The lowest BCUT2D eigenvalue weighted by Crippen LogP contribution is -2.44. The molecule has 0 amide bonds. The second kappa shape index (κ2) is 7.96. The molecule has 1 aliphatic rings. The minimum Gasteiger partial charge on any atom is -0.377 e. The van der Waals surface area contributed by atoms with Crippen molar-refractivity contribution in [2.24, 2.45) is 0 Å². The summed E-state index contributed by atoms with van der Waals surface area (Å²) in [5.74, 6) is -0.359. The van der Waals surface area contributed by atoms with Gasteiger partial charge in [-0.25, -0.2) is 4.39 Å². The Morgan fingerprint density at radius 2 is 2.30 bits per heavy atom. The number of rotatable bonds is 6. The molecule has 4 heteroatoms. The molecule has 1 aromatic carbocycles. The number of hydrogen-bond acceptors (Lipinski definition) is 2. The second-order valence-electron chi connectivity index (χ2n) is 5.42. The van der Waals surface area contributed by atoms with E-state index in [0.717, 1.165) is 44.4 Å². The van der Waals surface area contributed by atoms with Crippen molar-refractivity contribution in [2.75, 3.05) is 13.2 Å². The number of nitrogens with one attached hydrogen (secondary N) is 1. The zero-order valence-corrected chi connectivity index (χ0v) is 12.8. The van der Waals surface area contributed by atoms with Crippen LogP contribution in [0.25, 0.3) is 0 Å². The lowest BCUT2D eigenvalue weighted by atomic mass is 9.96. The van der Waals surface area contributed by atoms with Crippen LogP contribution >= 0.6 is 11.6 Å². The summed E-state index contributed by atoms with van der Waals surface area (Å²) < 4.78 is 19.1. The van der Waals surface area contributed by atoms with Gasteiger partial charge in [-0.3, -0.25) is 0 Å². The zero-order chi connectivity index (χ0) is 14.4. The molecule has 112 valence electrons. The fourth-order valence-electron chi connectivity index (χ4n) is 2.67. The van der Waals surface area contributed by atoms with Gasteiger partial charge >= 0.3 is 0 Å². The topological polar surface area (TPSA) is 21.3 Å². The molecule has 1 aromatic rings. The molecule has 2 nitrogen and oxygen atoms in total. The Balaban J connectivity index is 2.03. The van der Waals surface area contributed by atoms with Crippen molar-refractivity contribution in [1.29, 1.82) is 0 Å². The van der Waals surface area contributed by atoms with Gasteiger partial charge < -0.3 is 10.1 Å². The Bertz CT molecular complexity index is 421. The van der Waals surface area contributed by atoms with E-state index in [1.165, 1.54) is 12.5 Å². The summed E-state index contributed by atoms with van der Waals surface area (Å²) in [5.41, 5.74) is 1.05. The molecule has 0 aromatic heterocycles. The number of ether oxygens (including phenoxy) is 1. The molecular formula is C16H23ClFNO. The Kier molecular flexibility index (Phi) is 6.27. The average Bonchev–Trinajstić information content (AvgIpc) is 2.48. The fourth-order valence-corrected chi connectivity index (χ4v) is 2.87. The lowest BCUT2D eigenvalue weighted by molar-refractivity contribution is -0.00737. The monoisotopic (exact) mass is 299 g/mol. The van der Waals surface area contributed by atoms with Crippen LogP contribution in [0.1, 0.15) is 38.2 Å². The predicted molar refractivity (Wildman–Crippen MR) is 80.8 cm³/mol. The first-order valence-corrected chi connectivity index (χ1v) is 7.87. The van der Waals surface area contributed by atoms with Crippen LogP contribution in [0.3, 0.4) is 0 Å². The highest BCUT2D eigenvalue weighted by Crippen LogP contribution is 2.21. The van der Waals surface area contributed by atoms with Crippen LogP contribution < -0.4 is 5.32 Å². The van der Waals surface area contributed by atoms with E-state index in [0.29, 0.717) is 0 Å². The predicted octanol–water partition coefficient (Wildman–Crippen LogP) is 3.96. The summed E-state index contributed by atoms with van der Waals surface area (Å²) in [6.07, 6.45) is 5.63. The second-order valence-corrected chi connectivity index (χ2v) is 5.83. The van der Waals surface area contributed by atoms with Gasteiger partial charge in [-0.05, 0) is 56.3 Å². The van der Waals surface area contributed by atoms with E-state index in [4.69, 9.17) is 16.3 Å². The lowest BCUT2D eigenvalue weighted by Gasteiger charge is -2.31. The van der Waals surface area contributed by atoms with Gasteiger partial charge in [0.25, 0.3) is 0 Å². The normalized spacial score (nSPS) is 20.9. The van der Waals surface area contributed by atoms with Gasteiger partial charge in [-0.1, -0.05) is 24.6 Å². The van der Waals surface area contributed by atoms with Crippen LogP contribution in [0, 0.1) is 5.82 Å². The smallest absolute Gasteiger partial charge is 0.141 e.